The monoisotopic (exact) mass is 300 g/mol. The van der Waals surface area contributed by atoms with E-state index in [2.05, 4.69) is 13.2 Å². The number of hydrogen-bond donors (Lipinski definition) is 0. The van der Waals surface area contributed by atoms with E-state index in [0.29, 0.717) is 24.4 Å². The maximum absolute atomic E-state index is 11.1. The lowest BCUT2D eigenvalue weighted by molar-refractivity contribution is -0.139. The lowest BCUT2D eigenvalue weighted by Crippen LogP contribution is -2.06. The van der Waals surface area contributed by atoms with Crippen molar-refractivity contribution < 1.29 is 19.1 Å². The molecule has 0 saturated carbocycles. The van der Waals surface area contributed by atoms with Crippen LogP contribution < -0.4 is 0 Å². The van der Waals surface area contributed by atoms with Crippen LogP contribution in [0.1, 0.15) is 60.8 Å². The average Bonchev–Trinajstić information content (AvgIpc) is 2.35. The fraction of sp³-hybridized carbons (Fsp3) is 0.647. The normalized spacial score (nSPS) is 8.86. The molecular weight excluding hydrogens is 268 g/mol. The Hall–Kier alpha value is -1.58. The lowest BCUT2D eigenvalue weighted by atomic mass is 10.1. The Bertz CT molecular complexity index is 300. The molecule has 0 aromatic carbocycles. The molecule has 0 rings (SSSR count). The first-order chi connectivity index (χ1) is 8.95. The second-order valence-electron chi connectivity index (χ2n) is 4.60. The molecule has 0 aromatic rings. The molecule has 0 unspecified atom stereocenters. The number of carbonyl (C=O) groups is 2. The van der Waals surface area contributed by atoms with Crippen LogP contribution in [-0.2, 0) is 19.1 Å². The van der Waals surface area contributed by atoms with E-state index in [9.17, 15) is 9.59 Å². The maximum atomic E-state index is 11.1. The molecule has 21 heavy (non-hydrogen) atoms. The van der Waals surface area contributed by atoms with Crippen molar-refractivity contribution in [3.8, 4) is 0 Å². The van der Waals surface area contributed by atoms with E-state index in [4.69, 9.17) is 9.47 Å². The van der Waals surface area contributed by atoms with Gasteiger partial charge in [0.15, 0.2) is 0 Å². The molecule has 0 aliphatic heterocycles. The van der Waals surface area contributed by atoms with Gasteiger partial charge in [-0.15, -0.1) is 0 Å². The van der Waals surface area contributed by atoms with Gasteiger partial charge in [-0.05, 0) is 26.7 Å². The summed E-state index contributed by atoms with van der Waals surface area (Å²) in [6, 6.07) is 0. The zero-order valence-electron chi connectivity index (χ0n) is 12.0. The Morgan fingerprint density at radius 2 is 1.00 bits per heavy atom. The fourth-order valence-corrected chi connectivity index (χ4v) is 1.31. The molecule has 124 valence electrons. The fourth-order valence-electron chi connectivity index (χ4n) is 1.31. The van der Waals surface area contributed by atoms with Crippen molar-refractivity contribution in [2.24, 2.45) is 0 Å². The average molecular weight is 300 g/mol. The minimum absolute atomic E-state index is 0. The SMILES string of the molecule is C.C.C=C(C)C(=O)OCCCCCCCOC(=O)C(=C)C. The van der Waals surface area contributed by atoms with E-state index in [1.165, 1.54) is 0 Å². The summed E-state index contributed by atoms with van der Waals surface area (Å²) in [4.78, 5) is 22.1. The molecule has 0 aliphatic rings. The van der Waals surface area contributed by atoms with E-state index in [1.807, 2.05) is 0 Å². The Kier molecular flexibility index (Phi) is 17.2. The summed E-state index contributed by atoms with van der Waals surface area (Å²) >= 11 is 0. The minimum atomic E-state index is -0.327. The molecule has 0 bridgehead atoms. The van der Waals surface area contributed by atoms with Gasteiger partial charge in [0.1, 0.15) is 0 Å². The smallest absolute Gasteiger partial charge is 0.333 e. The van der Waals surface area contributed by atoms with Gasteiger partial charge in [-0.25, -0.2) is 9.59 Å². The molecule has 0 atom stereocenters. The molecular formula is C17H32O4. The highest BCUT2D eigenvalue weighted by molar-refractivity contribution is 5.87. The summed E-state index contributed by atoms with van der Waals surface area (Å²) < 4.78 is 9.94. The lowest BCUT2D eigenvalue weighted by Gasteiger charge is -2.05. The third-order valence-corrected chi connectivity index (χ3v) is 2.45. The van der Waals surface area contributed by atoms with Crippen LogP contribution in [-0.4, -0.2) is 25.2 Å². The van der Waals surface area contributed by atoms with Gasteiger partial charge in [-0.2, -0.15) is 0 Å². The number of esters is 2. The largest absolute Gasteiger partial charge is 0.462 e. The highest BCUT2D eigenvalue weighted by atomic mass is 16.5. The van der Waals surface area contributed by atoms with E-state index in [-0.39, 0.29) is 26.8 Å². The van der Waals surface area contributed by atoms with Crippen molar-refractivity contribution in [1.29, 1.82) is 0 Å². The van der Waals surface area contributed by atoms with Gasteiger partial charge in [0, 0.05) is 11.1 Å². The molecule has 4 heteroatoms. The first-order valence-electron chi connectivity index (χ1n) is 6.60. The number of carbonyl (C=O) groups excluding carboxylic acids is 2. The molecule has 0 aliphatic carbocycles. The van der Waals surface area contributed by atoms with Crippen LogP contribution in [0.5, 0.6) is 0 Å². The molecule has 0 fully saturated rings. The Morgan fingerprint density at radius 1 is 0.714 bits per heavy atom. The molecule has 0 N–H and O–H groups in total. The van der Waals surface area contributed by atoms with Gasteiger partial charge < -0.3 is 9.47 Å². The molecule has 0 amide bonds. The zero-order chi connectivity index (χ0) is 14.7. The summed E-state index contributed by atoms with van der Waals surface area (Å²) in [5.41, 5.74) is 0.860. The topological polar surface area (TPSA) is 52.6 Å². The quantitative estimate of drug-likeness (QED) is 0.340. The summed E-state index contributed by atoms with van der Waals surface area (Å²) in [6.45, 7) is 11.2. The van der Waals surface area contributed by atoms with Crippen LogP contribution in [0.25, 0.3) is 0 Å². The van der Waals surface area contributed by atoms with Gasteiger partial charge in [-0.3, -0.25) is 0 Å². The summed E-state index contributed by atoms with van der Waals surface area (Å²) in [6.07, 6.45) is 4.74. The van der Waals surface area contributed by atoms with Crippen LogP contribution in [0.3, 0.4) is 0 Å². The van der Waals surface area contributed by atoms with Crippen molar-refractivity contribution >= 4 is 11.9 Å². The van der Waals surface area contributed by atoms with E-state index < -0.39 is 0 Å². The number of ether oxygens (including phenoxy) is 2. The van der Waals surface area contributed by atoms with Gasteiger partial charge in [0.25, 0.3) is 0 Å². The summed E-state index contributed by atoms with van der Waals surface area (Å²) in [7, 11) is 0. The number of hydrogen-bond acceptors (Lipinski definition) is 4. The molecule has 0 heterocycles. The minimum Gasteiger partial charge on any atom is -0.462 e. The summed E-state index contributed by atoms with van der Waals surface area (Å²) in [5.74, 6) is -0.654. The molecule has 4 nitrogen and oxygen atoms in total. The molecule has 0 radical (unpaired) electrons. The van der Waals surface area contributed by atoms with Crippen molar-refractivity contribution in [1.82, 2.24) is 0 Å². The first-order valence-corrected chi connectivity index (χ1v) is 6.60. The maximum Gasteiger partial charge on any atom is 0.333 e. The molecule has 0 spiro atoms. The zero-order valence-corrected chi connectivity index (χ0v) is 12.0. The standard InChI is InChI=1S/C15H24O4.2CH4/c1-12(2)14(16)18-10-8-6-5-7-9-11-19-15(17)13(3)4;;/h1,3,5-11H2,2,4H3;2*1H4. The Labute approximate surface area is 130 Å². The Balaban J connectivity index is -0.00000162. The summed E-state index contributed by atoms with van der Waals surface area (Å²) in [5, 5.41) is 0. The molecule has 0 saturated heterocycles. The number of unbranched alkanes of at least 4 members (excludes halogenated alkanes) is 4. The van der Waals surface area contributed by atoms with Gasteiger partial charge in [0.2, 0.25) is 0 Å². The third-order valence-electron chi connectivity index (χ3n) is 2.45. The highest BCUT2D eigenvalue weighted by Crippen LogP contribution is 2.05. The van der Waals surface area contributed by atoms with Crippen LogP contribution in [0, 0.1) is 0 Å². The van der Waals surface area contributed by atoms with E-state index >= 15 is 0 Å². The van der Waals surface area contributed by atoms with E-state index in [1.54, 1.807) is 13.8 Å². The van der Waals surface area contributed by atoms with Crippen molar-refractivity contribution in [3.05, 3.63) is 24.3 Å². The highest BCUT2D eigenvalue weighted by Gasteiger charge is 2.03. The van der Waals surface area contributed by atoms with E-state index in [0.717, 1.165) is 32.1 Å². The predicted molar refractivity (Wildman–Crippen MR) is 88.1 cm³/mol. The third kappa shape index (κ3) is 14.6. The van der Waals surface area contributed by atoms with Crippen LogP contribution in [0.2, 0.25) is 0 Å². The second-order valence-corrected chi connectivity index (χ2v) is 4.60. The first kappa shape index (κ1) is 24.4. The Morgan fingerprint density at radius 3 is 1.29 bits per heavy atom. The van der Waals surface area contributed by atoms with Crippen LogP contribution in [0.15, 0.2) is 24.3 Å². The van der Waals surface area contributed by atoms with Gasteiger partial charge >= 0.3 is 11.9 Å². The predicted octanol–water partition coefficient (Wildman–Crippen LogP) is 4.45. The number of rotatable bonds is 10. The van der Waals surface area contributed by atoms with Crippen molar-refractivity contribution in [2.75, 3.05) is 13.2 Å². The van der Waals surface area contributed by atoms with Crippen molar-refractivity contribution in [3.63, 3.8) is 0 Å². The molecule has 0 aromatic heterocycles. The van der Waals surface area contributed by atoms with Gasteiger partial charge in [0.05, 0.1) is 13.2 Å². The van der Waals surface area contributed by atoms with Crippen molar-refractivity contribution in [2.45, 2.75) is 60.8 Å². The van der Waals surface area contributed by atoms with Crippen LogP contribution in [0.4, 0.5) is 0 Å². The second kappa shape index (κ2) is 14.8. The van der Waals surface area contributed by atoms with Gasteiger partial charge in [-0.1, -0.05) is 47.3 Å². The van der Waals surface area contributed by atoms with Crippen LogP contribution >= 0.6 is 0 Å².